The lowest BCUT2D eigenvalue weighted by Crippen LogP contribution is -2.69. The van der Waals surface area contributed by atoms with E-state index in [-0.39, 0.29) is 47.8 Å². The smallest absolute Gasteiger partial charge is 0.311 e. The summed E-state index contributed by atoms with van der Waals surface area (Å²) in [6.07, 6.45) is -8.96. The molecular formula is C42H66O16. The molecule has 9 N–H and O–H groups in total. The van der Waals surface area contributed by atoms with Gasteiger partial charge < -0.3 is 69.6 Å². The Hall–Kier alpha value is -1.80. The summed E-state index contributed by atoms with van der Waals surface area (Å²) in [5, 5.41) is 96.7. The molecule has 0 aromatic rings. The number of carbonyl (C=O) groups excluding carboxylic acids is 1. The van der Waals surface area contributed by atoms with Gasteiger partial charge in [0.25, 0.3) is 0 Å². The van der Waals surface area contributed by atoms with Gasteiger partial charge in [0, 0.05) is 5.41 Å². The Bertz CT molecular complexity index is 1610. The number of aliphatic hydroxyl groups is 8. The largest absolute Gasteiger partial charge is 0.481 e. The van der Waals surface area contributed by atoms with Crippen LogP contribution in [0.5, 0.6) is 0 Å². The zero-order valence-electron chi connectivity index (χ0n) is 34.5. The number of ether oxygens (including phenoxy) is 5. The number of methoxy groups -OCH3 is 1. The first kappa shape index (κ1) is 44.3. The molecule has 2 heterocycles. The molecule has 20 atom stereocenters. The first-order valence-corrected chi connectivity index (χ1v) is 21.0. The highest BCUT2D eigenvalue weighted by Crippen LogP contribution is 2.76. The van der Waals surface area contributed by atoms with Crippen LogP contribution >= 0.6 is 0 Å². The third kappa shape index (κ3) is 6.29. The van der Waals surface area contributed by atoms with Gasteiger partial charge in [-0.2, -0.15) is 0 Å². The summed E-state index contributed by atoms with van der Waals surface area (Å²) < 4.78 is 28.5. The monoisotopic (exact) mass is 826 g/mol. The van der Waals surface area contributed by atoms with Crippen LogP contribution < -0.4 is 0 Å². The van der Waals surface area contributed by atoms with E-state index in [1.165, 1.54) is 7.11 Å². The summed E-state index contributed by atoms with van der Waals surface area (Å²) in [5.41, 5.74) is -2.86. The number of carboxylic acids is 1. The Balaban J connectivity index is 1.11. The van der Waals surface area contributed by atoms with E-state index in [9.17, 15) is 55.5 Å². The molecule has 2 aliphatic heterocycles. The second kappa shape index (κ2) is 15.2. The Labute approximate surface area is 339 Å². The maximum Gasteiger partial charge on any atom is 0.311 e. The topological polar surface area (TPSA) is 262 Å². The van der Waals surface area contributed by atoms with E-state index in [0.29, 0.717) is 51.4 Å². The van der Waals surface area contributed by atoms with Crippen LogP contribution in [0.1, 0.15) is 92.4 Å². The molecule has 7 aliphatic rings. The van der Waals surface area contributed by atoms with Crippen LogP contribution in [0.15, 0.2) is 11.6 Å². The number of aliphatic carboxylic acids is 1. The predicted octanol–water partition coefficient (Wildman–Crippen LogP) is 0.617. The number of carboxylic acid groups (broad SMARTS) is 1. The number of rotatable bonds is 8. The molecule has 16 heteroatoms. The van der Waals surface area contributed by atoms with Crippen molar-refractivity contribution in [3.63, 3.8) is 0 Å². The number of fused-ring (bicyclic) bond motifs is 7. The summed E-state index contributed by atoms with van der Waals surface area (Å²) in [4.78, 5) is 26.2. The lowest BCUT2D eigenvalue weighted by atomic mass is 9.33. The molecule has 0 spiro atoms. The molecule has 5 aliphatic carbocycles. The van der Waals surface area contributed by atoms with E-state index >= 15 is 0 Å². The fraction of sp³-hybridized carbons (Fsp3) is 0.905. The normalized spacial score (nSPS) is 54.2. The second-order valence-electron chi connectivity index (χ2n) is 20.1. The summed E-state index contributed by atoms with van der Waals surface area (Å²) in [7, 11) is 1.38. The maximum absolute atomic E-state index is 13.2. The van der Waals surface area contributed by atoms with Gasteiger partial charge in [-0.1, -0.05) is 39.3 Å². The number of allylic oxidation sites excluding steroid dienone is 2. The zero-order valence-corrected chi connectivity index (χ0v) is 34.5. The highest BCUT2D eigenvalue weighted by molar-refractivity contribution is 5.80. The molecule has 16 nitrogen and oxygen atoms in total. The van der Waals surface area contributed by atoms with E-state index in [1.54, 1.807) is 0 Å². The first-order chi connectivity index (χ1) is 27.1. The summed E-state index contributed by atoms with van der Waals surface area (Å²) >= 11 is 0. The summed E-state index contributed by atoms with van der Waals surface area (Å²) in [5.74, 6) is -1.57. The molecule has 0 aromatic heterocycles. The minimum Gasteiger partial charge on any atom is -0.481 e. The summed E-state index contributed by atoms with van der Waals surface area (Å²) in [6, 6.07) is 0. The second-order valence-corrected chi connectivity index (χ2v) is 20.1. The van der Waals surface area contributed by atoms with Gasteiger partial charge in [0.05, 0.1) is 50.0 Å². The van der Waals surface area contributed by atoms with Crippen molar-refractivity contribution in [1.82, 2.24) is 0 Å². The zero-order chi connectivity index (χ0) is 42.5. The van der Waals surface area contributed by atoms with E-state index in [1.807, 2.05) is 13.8 Å². The Morgan fingerprint density at radius 2 is 1.48 bits per heavy atom. The molecule has 6 fully saturated rings. The van der Waals surface area contributed by atoms with E-state index < -0.39 is 102 Å². The molecule has 4 saturated carbocycles. The first-order valence-electron chi connectivity index (χ1n) is 21.0. The molecule has 330 valence electrons. The number of carbonyl (C=O) groups is 2. The minimum atomic E-state index is -1.73. The summed E-state index contributed by atoms with van der Waals surface area (Å²) in [6.45, 7) is 9.16. The molecule has 7 rings (SSSR count). The van der Waals surface area contributed by atoms with Crippen LogP contribution in [0.2, 0.25) is 0 Å². The molecule has 2 saturated heterocycles. The standard InChI is InChI=1S/C42H66O16/c1-37(36(53)54-6)11-13-42(35(51)52)14-12-40(4)20(21(42)15-37)7-8-26-38(2)16-22(45)32(39(3,19-44)25(38)9-10-41(26,40)5)58-33-30(49)28(47)24(18-55-33)57-34-31(50)29(48)27(46)23(17-43)56-34/h7,21-34,43-50H,8-19H2,1-6H3,(H,51,52)/t21?,22-,23+,24?,25?,26?,27?,28?,29?,30?,31?,32-,33?,34?,37-,38-,39-,40-,41+,42-/m0/s1. The van der Waals surface area contributed by atoms with Crippen LogP contribution in [0.25, 0.3) is 0 Å². The third-order valence-corrected chi connectivity index (χ3v) is 17.4. The van der Waals surface area contributed by atoms with Crippen molar-refractivity contribution >= 4 is 11.9 Å². The van der Waals surface area contributed by atoms with E-state index in [2.05, 4.69) is 26.8 Å². The number of hydrogen-bond donors (Lipinski definition) is 9. The van der Waals surface area contributed by atoms with Crippen molar-refractivity contribution in [2.24, 2.45) is 50.2 Å². The van der Waals surface area contributed by atoms with Crippen LogP contribution in [0.3, 0.4) is 0 Å². The SMILES string of the molecule is COC(=O)[C@@]1(C)CC[C@]2(C(=O)O)CC[C@@]3(C)C(=CCC4[C@@]5(C)C[C@H](O)[C@H](OC6OCC(OC7O[C@H](CO)C(O)C(O)C7O)C(O)C6O)[C@@](C)(CO)C5CC[C@]43C)C2C1. The highest BCUT2D eigenvalue weighted by Gasteiger charge is 2.71. The van der Waals surface area contributed by atoms with Crippen molar-refractivity contribution in [1.29, 1.82) is 0 Å². The molecule has 0 radical (unpaired) electrons. The van der Waals surface area contributed by atoms with E-state index in [4.69, 9.17) is 23.7 Å². The minimum absolute atomic E-state index is 0.0422. The van der Waals surface area contributed by atoms with Gasteiger partial charge in [0.1, 0.15) is 42.7 Å². The quantitative estimate of drug-likeness (QED) is 0.0923. The van der Waals surface area contributed by atoms with Crippen molar-refractivity contribution < 1.29 is 79.2 Å². The molecule has 11 unspecified atom stereocenters. The lowest BCUT2D eigenvalue weighted by molar-refractivity contribution is -0.357. The number of aliphatic hydroxyl groups excluding tert-OH is 8. The van der Waals surface area contributed by atoms with Gasteiger partial charge in [-0.25, -0.2) is 0 Å². The number of esters is 1. The van der Waals surface area contributed by atoms with Gasteiger partial charge >= 0.3 is 11.9 Å². The van der Waals surface area contributed by atoms with Gasteiger partial charge in [-0.05, 0) is 98.7 Å². The molecule has 0 amide bonds. The average molecular weight is 827 g/mol. The van der Waals surface area contributed by atoms with Crippen LogP contribution in [-0.2, 0) is 33.3 Å². The Morgan fingerprint density at radius 1 is 0.810 bits per heavy atom. The third-order valence-electron chi connectivity index (χ3n) is 17.4. The number of hydrogen-bond acceptors (Lipinski definition) is 15. The van der Waals surface area contributed by atoms with Gasteiger partial charge in [-0.3, -0.25) is 9.59 Å². The molecular weight excluding hydrogens is 760 g/mol. The van der Waals surface area contributed by atoms with Crippen molar-refractivity contribution in [3.8, 4) is 0 Å². The van der Waals surface area contributed by atoms with Gasteiger partial charge in [-0.15, -0.1) is 0 Å². The van der Waals surface area contributed by atoms with Gasteiger partial charge in [0.2, 0.25) is 0 Å². The fourth-order valence-corrected chi connectivity index (χ4v) is 13.8. The lowest BCUT2D eigenvalue weighted by Gasteiger charge is -2.71. The van der Waals surface area contributed by atoms with Crippen LogP contribution in [0, 0.1) is 50.2 Å². The molecule has 0 aromatic carbocycles. The van der Waals surface area contributed by atoms with Crippen molar-refractivity contribution in [2.75, 3.05) is 26.9 Å². The molecule has 0 bridgehead atoms. The average Bonchev–Trinajstić information content (AvgIpc) is 3.18. The fourth-order valence-electron chi connectivity index (χ4n) is 13.8. The Morgan fingerprint density at radius 3 is 2.12 bits per heavy atom. The predicted molar refractivity (Wildman–Crippen MR) is 201 cm³/mol. The van der Waals surface area contributed by atoms with E-state index in [0.717, 1.165) is 12.0 Å². The highest BCUT2D eigenvalue weighted by atomic mass is 16.7. The van der Waals surface area contributed by atoms with Crippen molar-refractivity contribution in [3.05, 3.63) is 11.6 Å². The van der Waals surface area contributed by atoms with Gasteiger partial charge in [0.15, 0.2) is 12.6 Å². The Kier molecular flexibility index (Phi) is 11.6. The maximum atomic E-state index is 13.2. The van der Waals surface area contributed by atoms with Crippen molar-refractivity contribution in [2.45, 2.75) is 160 Å². The molecule has 58 heavy (non-hydrogen) atoms. The van der Waals surface area contributed by atoms with Crippen LogP contribution in [-0.4, -0.2) is 152 Å². The van der Waals surface area contributed by atoms with Crippen LogP contribution in [0.4, 0.5) is 0 Å².